The number of aromatic nitrogens is 5. The minimum absolute atomic E-state index is 0.118. The molecule has 3 aromatic carbocycles. The summed E-state index contributed by atoms with van der Waals surface area (Å²) in [6.07, 6.45) is 11.1. The van der Waals surface area contributed by atoms with Crippen molar-refractivity contribution in [1.29, 1.82) is 0 Å². The maximum absolute atomic E-state index is 13.2. The van der Waals surface area contributed by atoms with E-state index in [1.54, 1.807) is 18.7 Å². The number of methoxy groups -OCH3 is 1. The van der Waals surface area contributed by atoms with Gasteiger partial charge in [-0.15, -0.1) is 0 Å². The molecule has 0 spiro atoms. The Kier molecular flexibility index (Phi) is 8.51. The van der Waals surface area contributed by atoms with E-state index in [9.17, 15) is 4.79 Å². The average molecular weight is 721 g/mol. The van der Waals surface area contributed by atoms with Gasteiger partial charge in [0.25, 0.3) is 0 Å². The molecule has 53 heavy (non-hydrogen) atoms. The zero-order chi connectivity index (χ0) is 35.9. The van der Waals surface area contributed by atoms with Crippen LogP contribution in [0, 0.1) is 17.8 Å². The Labute approximate surface area is 312 Å². The van der Waals surface area contributed by atoms with Crippen molar-refractivity contribution in [1.82, 2.24) is 24.5 Å². The van der Waals surface area contributed by atoms with Gasteiger partial charge in [0.1, 0.15) is 22.0 Å². The fourth-order valence-electron chi connectivity index (χ4n) is 8.85. The molecule has 3 saturated carbocycles. The number of nitrogens with zero attached hydrogens (tertiary/aromatic N) is 5. The van der Waals surface area contributed by atoms with Crippen molar-refractivity contribution in [2.24, 2.45) is 17.8 Å². The number of carbonyl (C=O) groups excluding carboxylic acids is 1. The third-order valence-corrected chi connectivity index (χ3v) is 11.4. The lowest BCUT2D eigenvalue weighted by Crippen LogP contribution is -2.51. The smallest absolute Gasteiger partial charge is 0.311 e. The summed E-state index contributed by atoms with van der Waals surface area (Å²) in [7, 11) is 1.48. The van der Waals surface area contributed by atoms with Crippen LogP contribution >= 0.6 is 11.6 Å². The minimum Gasteiger partial charge on any atom is -0.472 e. The van der Waals surface area contributed by atoms with Crippen LogP contribution in [-0.2, 0) is 15.1 Å². The van der Waals surface area contributed by atoms with E-state index in [1.807, 2.05) is 36.5 Å². The summed E-state index contributed by atoms with van der Waals surface area (Å²) in [5, 5.41) is 3.97. The van der Waals surface area contributed by atoms with Crippen LogP contribution in [0.3, 0.4) is 0 Å². The van der Waals surface area contributed by atoms with Crippen LogP contribution in [0.2, 0.25) is 5.15 Å². The van der Waals surface area contributed by atoms with E-state index >= 15 is 0 Å². The summed E-state index contributed by atoms with van der Waals surface area (Å²) in [6, 6.07) is 34.9. The van der Waals surface area contributed by atoms with Gasteiger partial charge >= 0.3 is 5.97 Å². The molecule has 1 N–H and O–H groups in total. The molecule has 4 heterocycles. The summed E-state index contributed by atoms with van der Waals surface area (Å²) in [5.74, 6) is 1.22. The summed E-state index contributed by atoms with van der Waals surface area (Å²) in [4.78, 5) is 33.3. The molecule has 10 rings (SSSR count). The largest absolute Gasteiger partial charge is 0.472 e. The van der Waals surface area contributed by atoms with Crippen molar-refractivity contribution >= 4 is 34.6 Å². The molecule has 0 saturated heterocycles. The quantitative estimate of drug-likeness (QED) is 0.116. The highest BCUT2D eigenvalue weighted by molar-refractivity contribution is 6.29. The third kappa shape index (κ3) is 5.67. The van der Waals surface area contributed by atoms with Crippen molar-refractivity contribution in [2.45, 2.75) is 37.3 Å². The Bertz CT molecular complexity index is 2280. The molecular weight excluding hydrogens is 684 g/mol. The van der Waals surface area contributed by atoms with E-state index in [1.165, 1.54) is 7.11 Å². The first-order chi connectivity index (χ1) is 26.0. The van der Waals surface area contributed by atoms with Crippen LogP contribution in [0.4, 0.5) is 5.82 Å². The Morgan fingerprint density at radius 1 is 0.849 bits per heavy atom. The van der Waals surface area contributed by atoms with Crippen molar-refractivity contribution in [2.75, 3.05) is 12.4 Å². The minimum atomic E-state index is -0.874. The number of hydrogen-bond donors (Lipinski definition) is 1. The number of ether oxygens (including phenoxy) is 1. The number of fused-ring (bicyclic) bond motifs is 4. The van der Waals surface area contributed by atoms with E-state index in [-0.39, 0.29) is 29.0 Å². The second-order valence-corrected chi connectivity index (χ2v) is 14.3. The van der Waals surface area contributed by atoms with Gasteiger partial charge in [-0.1, -0.05) is 103 Å². The monoisotopic (exact) mass is 720 g/mol. The standard InChI is InChI=1S/C43H37ClN6O3/c1-52-42(51)37-27-17-19-28(20-18-27)38(37)48-36-23-34(29-21-22-53-26-29)46-40(49-36)33-25-50(41-39(33)47-35(44)24-45-41)43(30-11-5-2-6-12-30,31-13-7-3-8-14-31)32-15-9-4-10-16-32/h2-16,21-28,37-38H,17-20H2,1H3,(H,46,48,49). The first-order valence-corrected chi connectivity index (χ1v) is 18.4. The molecule has 0 radical (unpaired) electrons. The number of carbonyl (C=O) groups is 1. The molecule has 2 unspecified atom stereocenters. The van der Waals surface area contributed by atoms with Crippen LogP contribution in [-0.4, -0.2) is 43.6 Å². The fourth-order valence-corrected chi connectivity index (χ4v) is 8.98. The van der Waals surface area contributed by atoms with E-state index in [2.05, 4.69) is 82.7 Å². The Balaban J connectivity index is 1.29. The van der Waals surface area contributed by atoms with E-state index < -0.39 is 5.54 Å². The highest BCUT2D eigenvalue weighted by Crippen LogP contribution is 2.48. The second kappa shape index (κ2) is 13.6. The maximum atomic E-state index is 13.2. The zero-order valence-corrected chi connectivity index (χ0v) is 29.9. The average Bonchev–Trinajstić information content (AvgIpc) is 3.89. The topological polar surface area (TPSA) is 108 Å². The van der Waals surface area contributed by atoms with Gasteiger partial charge in [-0.3, -0.25) is 4.79 Å². The molecule has 3 aliphatic carbocycles. The molecule has 2 atom stereocenters. The van der Waals surface area contributed by atoms with Gasteiger partial charge in [-0.2, -0.15) is 0 Å². The fraction of sp³-hybridized carbons (Fsp3) is 0.233. The van der Waals surface area contributed by atoms with Gasteiger partial charge in [-0.25, -0.2) is 19.9 Å². The van der Waals surface area contributed by atoms with Crippen LogP contribution < -0.4 is 5.32 Å². The number of rotatable bonds is 9. The molecule has 3 aliphatic rings. The Morgan fingerprint density at radius 3 is 2.06 bits per heavy atom. The lowest BCUT2D eigenvalue weighted by Gasteiger charge is -2.47. The van der Waals surface area contributed by atoms with Gasteiger partial charge in [0, 0.05) is 23.9 Å². The van der Waals surface area contributed by atoms with E-state index in [4.69, 9.17) is 40.7 Å². The molecule has 10 heteroatoms. The summed E-state index contributed by atoms with van der Waals surface area (Å²) in [5.41, 5.74) is 5.53. The van der Waals surface area contributed by atoms with Gasteiger partial charge in [0.05, 0.1) is 43.0 Å². The van der Waals surface area contributed by atoms with Gasteiger partial charge in [0.2, 0.25) is 0 Å². The summed E-state index contributed by atoms with van der Waals surface area (Å²) >= 11 is 6.63. The van der Waals surface area contributed by atoms with Crippen molar-refractivity contribution in [3.8, 4) is 22.6 Å². The summed E-state index contributed by atoms with van der Waals surface area (Å²) < 4.78 is 13.0. The van der Waals surface area contributed by atoms with E-state index in [0.29, 0.717) is 40.0 Å². The lowest BCUT2D eigenvalue weighted by molar-refractivity contribution is -0.152. The number of nitrogens with one attached hydrogen (secondary N) is 1. The molecule has 0 amide bonds. The second-order valence-electron chi connectivity index (χ2n) is 14.0. The molecular formula is C43H37ClN6O3. The zero-order valence-electron chi connectivity index (χ0n) is 29.1. The maximum Gasteiger partial charge on any atom is 0.311 e. The molecule has 9 nitrogen and oxygen atoms in total. The molecule has 264 valence electrons. The van der Waals surface area contributed by atoms with Crippen molar-refractivity contribution < 1.29 is 13.9 Å². The number of halogens is 1. The van der Waals surface area contributed by atoms with Crippen LogP contribution in [0.15, 0.2) is 132 Å². The van der Waals surface area contributed by atoms with Crippen LogP contribution in [0.25, 0.3) is 33.8 Å². The van der Waals surface area contributed by atoms with Gasteiger partial charge < -0.3 is 19.0 Å². The first kappa shape index (κ1) is 33.1. The van der Waals surface area contributed by atoms with Crippen molar-refractivity contribution in [3.05, 3.63) is 150 Å². The number of furan rings is 1. The molecule has 4 aromatic heterocycles. The highest BCUT2D eigenvalue weighted by Gasteiger charge is 2.48. The SMILES string of the molecule is COC(=O)C1C2CCC(CC2)C1Nc1cc(-c2ccoc2)nc(-c2cn(C(c3ccccc3)(c3ccccc3)c3ccccc3)c3ncc(Cl)nc23)n1. The molecule has 2 bridgehead atoms. The number of benzene rings is 3. The normalized spacial score (nSPS) is 19.7. The van der Waals surface area contributed by atoms with Crippen molar-refractivity contribution in [3.63, 3.8) is 0 Å². The van der Waals surface area contributed by atoms with Crippen LogP contribution in [0.5, 0.6) is 0 Å². The van der Waals surface area contributed by atoms with Gasteiger partial charge in [0.15, 0.2) is 11.5 Å². The lowest BCUT2D eigenvalue weighted by atomic mass is 9.61. The third-order valence-electron chi connectivity index (χ3n) is 11.2. The predicted molar refractivity (Wildman–Crippen MR) is 204 cm³/mol. The van der Waals surface area contributed by atoms with Crippen LogP contribution in [0.1, 0.15) is 42.4 Å². The molecule has 0 aliphatic heterocycles. The number of esters is 1. The Hall–Kier alpha value is -5.80. The molecule has 7 aromatic rings. The molecule has 3 fully saturated rings. The van der Waals surface area contributed by atoms with Gasteiger partial charge in [-0.05, 0) is 60.3 Å². The Morgan fingerprint density at radius 2 is 1.47 bits per heavy atom. The van der Waals surface area contributed by atoms with E-state index in [0.717, 1.165) is 47.9 Å². The number of anilines is 1. The highest BCUT2D eigenvalue weighted by atomic mass is 35.5. The predicted octanol–water partition coefficient (Wildman–Crippen LogP) is 9.03. The summed E-state index contributed by atoms with van der Waals surface area (Å²) in [6.45, 7) is 0. The first-order valence-electron chi connectivity index (χ1n) is 18.0. The number of hydrogen-bond acceptors (Lipinski definition) is 8.